The van der Waals surface area contributed by atoms with Gasteiger partial charge in [0, 0.05) is 24.4 Å². The van der Waals surface area contributed by atoms with E-state index < -0.39 is 0 Å². The molecule has 0 radical (unpaired) electrons. The minimum Gasteiger partial charge on any atom is -0.356 e. The van der Waals surface area contributed by atoms with Crippen molar-refractivity contribution < 1.29 is 9.59 Å². The second-order valence-corrected chi connectivity index (χ2v) is 9.91. The number of amides is 1. The zero-order valence-electron chi connectivity index (χ0n) is 20.4. The molecule has 0 aromatic carbocycles. The van der Waals surface area contributed by atoms with Crippen LogP contribution >= 0.6 is 0 Å². The first kappa shape index (κ1) is 28.1. The van der Waals surface area contributed by atoms with E-state index in [4.69, 9.17) is 0 Å². The monoisotopic (exact) mass is 410 g/mol. The molecule has 0 unspecified atom stereocenters. The maximum Gasteiger partial charge on any atom is 0.219 e. The number of ketones is 1. The van der Waals surface area contributed by atoms with Gasteiger partial charge in [0.2, 0.25) is 5.91 Å². The summed E-state index contributed by atoms with van der Waals surface area (Å²) in [6, 6.07) is 0.204. The fraction of sp³-hybridized carbons (Fsp3) is 0.920. The summed E-state index contributed by atoms with van der Waals surface area (Å²) in [5.74, 6) is 0.455. The summed E-state index contributed by atoms with van der Waals surface area (Å²) in [6.07, 6.45) is 14.8. The van der Waals surface area contributed by atoms with Crippen molar-refractivity contribution in [2.75, 3.05) is 6.54 Å². The zero-order chi connectivity index (χ0) is 22.1. The lowest BCUT2D eigenvalue weighted by atomic mass is 9.84. The molecule has 4 nitrogen and oxygen atoms in total. The smallest absolute Gasteiger partial charge is 0.219 e. The van der Waals surface area contributed by atoms with Gasteiger partial charge in [-0.15, -0.1) is 0 Å². The van der Waals surface area contributed by atoms with E-state index in [9.17, 15) is 9.59 Å². The number of rotatable bonds is 18. The predicted molar refractivity (Wildman–Crippen MR) is 125 cm³/mol. The first-order valence-corrected chi connectivity index (χ1v) is 12.3. The summed E-state index contributed by atoms with van der Waals surface area (Å²) in [5.41, 5.74) is -0.323. The van der Waals surface area contributed by atoms with Crippen LogP contribution in [0.3, 0.4) is 0 Å². The largest absolute Gasteiger partial charge is 0.356 e. The van der Waals surface area contributed by atoms with E-state index in [1.807, 2.05) is 20.8 Å². The van der Waals surface area contributed by atoms with Gasteiger partial charge in [-0.1, -0.05) is 92.9 Å². The van der Waals surface area contributed by atoms with E-state index in [-0.39, 0.29) is 23.1 Å². The van der Waals surface area contributed by atoms with Gasteiger partial charge >= 0.3 is 0 Å². The highest BCUT2D eigenvalue weighted by atomic mass is 16.1. The molecule has 0 spiro atoms. The molecule has 1 atom stereocenters. The van der Waals surface area contributed by atoms with E-state index in [0.29, 0.717) is 19.0 Å². The van der Waals surface area contributed by atoms with E-state index in [2.05, 4.69) is 31.4 Å². The second-order valence-electron chi connectivity index (χ2n) is 9.91. The van der Waals surface area contributed by atoms with Crippen molar-refractivity contribution in [2.24, 2.45) is 5.41 Å². The van der Waals surface area contributed by atoms with Crippen molar-refractivity contribution in [1.82, 2.24) is 10.6 Å². The highest BCUT2D eigenvalue weighted by molar-refractivity contribution is 5.88. The molecule has 0 saturated heterocycles. The lowest BCUT2D eigenvalue weighted by Crippen LogP contribution is -2.45. The number of hydrogen-bond donors (Lipinski definition) is 2. The number of nitrogens with one attached hydrogen (secondary N) is 2. The van der Waals surface area contributed by atoms with Crippen LogP contribution < -0.4 is 10.6 Å². The Morgan fingerprint density at radius 1 is 0.793 bits per heavy atom. The average molecular weight is 411 g/mol. The summed E-state index contributed by atoms with van der Waals surface area (Å²) in [5, 5.41) is 6.45. The van der Waals surface area contributed by atoms with Crippen LogP contribution in [0.5, 0.6) is 0 Å². The molecule has 0 aliphatic heterocycles. The molecule has 0 saturated carbocycles. The third-order valence-corrected chi connectivity index (χ3v) is 5.34. The van der Waals surface area contributed by atoms with Gasteiger partial charge in [0.1, 0.15) is 0 Å². The van der Waals surface area contributed by atoms with Crippen LogP contribution in [0.2, 0.25) is 0 Å². The molecule has 2 N–H and O–H groups in total. The van der Waals surface area contributed by atoms with Gasteiger partial charge in [0.25, 0.3) is 0 Å². The van der Waals surface area contributed by atoms with E-state index in [1.54, 1.807) is 0 Å². The van der Waals surface area contributed by atoms with E-state index in [0.717, 1.165) is 25.7 Å². The second kappa shape index (κ2) is 16.8. The molecule has 1 amide bonds. The van der Waals surface area contributed by atoms with E-state index in [1.165, 1.54) is 51.4 Å². The molecule has 0 bridgehead atoms. The Balaban J connectivity index is 3.76. The molecule has 0 fully saturated rings. The molecular weight excluding hydrogens is 360 g/mol. The predicted octanol–water partition coefficient (Wildman–Crippen LogP) is 6.18. The van der Waals surface area contributed by atoms with Crippen LogP contribution in [-0.2, 0) is 9.59 Å². The number of unbranched alkanes of at least 4 members (excludes halogenated alkanes) is 9. The molecule has 0 heterocycles. The minimum atomic E-state index is -0.323. The Labute approximate surface area is 181 Å². The van der Waals surface area contributed by atoms with Crippen molar-refractivity contribution in [2.45, 2.75) is 137 Å². The van der Waals surface area contributed by atoms with Crippen LogP contribution in [0.25, 0.3) is 0 Å². The Kier molecular flexibility index (Phi) is 16.3. The molecule has 4 heteroatoms. The van der Waals surface area contributed by atoms with Crippen LogP contribution in [0, 0.1) is 5.41 Å². The number of Topliss-reactive ketones (excluding diaryl/α,β-unsaturated/α-hetero) is 1. The summed E-state index contributed by atoms with van der Waals surface area (Å²) in [7, 11) is 0. The van der Waals surface area contributed by atoms with Crippen LogP contribution in [0.4, 0.5) is 0 Å². The molecule has 29 heavy (non-hydrogen) atoms. The van der Waals surface area contributed by atoms with Crippen molar-refractivity contribution >= 4 is 11.7 Å². The fourth-order valence-corrected chi connectivity index (χ4v) is 3.60. The standard InChI is InChI=1S/C25H50N2O2/c1-7-8-9-10-11-12-13-14-15-19-23(28)26-20-17-16-18-22(27-21(2)3)24(29)25(4,5)6/h21-22,27H,7-20H2,1-6H3,(H,26,28)/t22-/m0/s1. The van der Waals surface area contributed by atoms with E-state index >= 15 is 0 Å². The van der Waals surface area contributed by atoms with Gasteiger partial charge in [0.15, 0.2) is 5.78 Å². The summed E-state index contributed by atoms with van der Waals surface area (Å²) >= 11 is 0. The molecule has 0 aliphatic rings. The number of hydrogen-bond acceptors (Lipinski definition) is 3. The highest BCUT2D eigenvalue weighted by Gasteiger charge is 2.29. The molecule has 0 rings (SSSR count). The third kappa shape index (κ3) is 16.6. The third-order valence-electron chi connectivity index (χ3n) is 5.34. The lowest BCUT2D eigenvalue weighted by molar-refractivity contribution is -0.129. The number of carbonyl (C=O) groups excluding carboxylic acids is 2. The van der Waals surface area contributed by atoms with Gasteiger partial charge in [-0.05, 0) is 25.7 Å². The van der Waals surface area contributed by atoms with Gasteiger partial charge in [-0.2, -0.15) is 0 Å². The van der Waals surface area contributed by atoms with Gasteiger partial charge in [-0.3, -0.25) is 9.59 Å². The SMILES string of the molecule is CCCCCCCCCCCC(=O)NCCCC[C@H](NC(C)C)C(=O)C(C)(C)C. The fourth-order valence-electron chi connectivity index (χ4n) is 3.60. The van der Waals surface area contributed by atoms with Gasteiger partial charge < -0.3 is 10.6 Å². The topological polar surface area (TPSA) is 58.2 Å². The number of carbonyl (C=O) groups is 2. The Morgan fingerprint density at radius 3 is 1.86 bits per heavy atom. The zero-order valence-corrected chi connectivity index (χ0v) is 20.4. The minimum absolute atomic E-state index is 0.0901. The normalized spacial score (nSPS) is 12.9. The molecule has 172 valence electrons. The summed E-state index contributed by atoms with van der Waals surface area (Å²) in [4.78, 5) is 24.6. The van der Waals surface area contributed by atoms with Crippen LogP contribution in [0.1, 0.15) is 125 Å². The van der Waals surface area contributed by atoms with Gasteiger partial charge in [0.05, 0.1) is 6.04 Å². The molecular formula is C25H50N2O2. The Bertz CT molecular complexity index is 427. The van der Waals surface area contributed by atoms with Crippen molar-refractivity contribution in [3.8, 4) is 0 Å². The van der Waals surface area contributed by atoms with Crippen molar-refractivity contribution in [3.63, 3.8) is 0 Å². The average Bonchev–Trinajstić information content (AvgIpc) is 2.63. The van der Waals surface area contributed by atoms with Crippen LogP contribution in [0.15, 0.2) is 0 Å². The van der Waals surface area contributed by atoms with Crippen molar-refractivity contribution in [1.29, 1.82) is 0 Å². The first-order valence-electron chi connectivity index (χ1n) is 12.3. The quantitative estimate of drug-likeness (QED) is 0.265. The summed E-state index contributed by atoms with van der Waals surface area (Å²) in [6.45, 7) is 13.1. The Morgan fingerprint density at radius 2 is 1.34 bits per heavy atom. The lowest BCUT2D eigenvalue weighted by Gasteiger charge is -2.27. The van der Waals surface area contributed by atoms with Gasteiger partial charge in [-0.25, -0.2) is 0 Å². The van der Waals surface area contributed by atoms with Crippen molar-refractivity contribution in [3.05, 3.63) is 0 Å². The molecule has 0 aromatic rings. The molecule has 0 aromatic heterocycles. The first-order chi connectivity index (χ1) is 13.7. The summed E-state index contributed by atoms with van der Waals surface area (Å²) < 4.78 is 0. The molecule has 0 aliphatic carbocycles. The highest BCUT2D eigenvalue weighted by Crippen LogP contribution is 2.19. The van der Waals surface area contributed by atoms with Crippen LogP contribution in [-0.4, -0.2) is 30.3 Å². The Hall–Kier alpha value is -0.900. The maximum absolute atomic E-state index is 12.6. The maximum atomic E-state index is 12.6.